The number of nitrogens with zero attached hydrogens (tertiary/aromatic N) is 1. The molecule has 1 N–H and O–H groups in total. The van der Waals surface area contributed by atoms with Crippen molar-refractivity contribution >= 4 is 5.91 Å². The number of amides is 1. The molecular weight excluding hydrogens is 254 g/mol. The van der Waals surface area contributed by atoms with Gasteiger partial charge in [-0.15, -0.1) is 0 Å². The van der Waals surface area contributed by atoms with E-state index in [0.29, 0.717) is 32.5 Å². The van der Waals surface area contributed by atoms with Crippen molar-refractivity contribution in [3.63, 3.8) is 0 Å². The largest absolute Gasteiger partial charge is 0.494 e. The molecule has 0 radical (unpaired) electrons. The first-order valence-electron chi connectivity index (χ1n) is 7.30. The molecule has 2 rings (SSSR count). The van der Waals surface area contributed by atoms with E-state index < -0.39 is 0 Å². The first-order chi connectivity index (χ1) is 9.66. The van der Waals surface area contributed by atoms with Gasteiger partial charge in [-0.05, 0) is 30.9 Å². The summed E-state index contributed by atoms with van der Waals surface area (Å²) in [7, 11) is 0. The SMILES string of the molecule is CC1CN(C(=O)CCCOc2ccccc2)CCC1O. The molecule has 4 nitrogen and oxygen atoms in total. The van der Waals surface area contributed by atoms with Gasteiger partial charge in [0.2, 0.25) is 5.91 Å². The first kappa shape index (κ1) is 14.9. The van der Waals surface area contributed by atoms with Crippen molar-refractivity contribution in [2.75, 3.05) is 19.7 Å². The van der Waals surface area contributed by atoms with E-state index in [-0.39, 0.29) is 17.9 Å². The Morgan fingerprint density at radius 3 is 2.85 bits per heavy atom. The number of benzene rings is 1. The number of para-hydroxylation sites is 1. The van der Waals surface area contributed by atoms with E-state index in [1.807, 2.05) is 42.2 Å². The lowest BCUT2D eigenvalue weighted by Crippen LogP contribution is -2.44. The average molecular weight is 277 g/mol. The summed E-state index contributed by atoms with van der Waals surface area (Å²) in [5, 5.41) is 9.66. The third-order valence-corrected chi connectivity index (χ3v) is 3.76. The van der Waals surface area contributed by atoms with Crippen molar-refractivity contribution in [3.8, 4) is 5.75 Å². The number of hydrogen-bond donors (Lipinski definition) is 1. The van der Waals surface area contributed by atoms with Crippen molar-refractivity contribution in [1.82, 2.24) is 4.90 Å². The maximum atomic E-state index is 12.1. The second-order valence-electron chi connectivity index (χ2n) is 5.44. The summed E-state index contributed by atoms with van der Waals surface area (Å²) >= 11 is 0. The maximum absolute atomic E-state index is 12.1. The van der Waals surface area contributed by atoms with E-state index in [1.54, 1.807) is 0 Å². The minimum atomic E-state index is -0.263. The average Bonchev–Trinajstić information content (AvgIpc) is 2.47. The van der Waals surface area contributed by atoms with Crippen LogP contribution >= 0.6 is 0 Å². The molecular formula is C16H23NO3. The molecule has 0 saturated carbocycles. The van der Waals surface area contributed by atoms with E-state index in [9.17, 15) is 9.90 Å². The predicted octanol–water partition coefficient (Wildman–Crippen LogP) is 2.07. The Hall–Kier alpha value is -1.55. The van der Waals surface area contributed by atoms with Gasteiger partial charge in [-0.3, -0.25) is 4.79 Å². The van der Waals surface area contributed by atoms with Gasteiger partial charge in [0, 0.05) is 19.5 Å². The quantitative estimate of drug-likeness (QED) is 0.838. The standard InChI is InChI=1S/C16H23NO3/c1-13-12-17(10-9-15(13)18)16(19)8-5-11-20-14-6-3-2-4-7-14/h2-4,6-7,13,15,18H,5,8-12H2,1H3. The molecule has 1 heterocycles. The normalized spacial score (nSPS) is 22.6. The molecule has 1 saturated heterocycles. The number of hydrogen-bond acceptors (Lipinski definition) is 3. The molecule has 2 atom stereocenters. The van der Waals surface area contributed by atoms with Crippen LogP contribution in [0, 0.1) is 5.92 Å². The fourth-order valence-corrected chi connectivity index (χ4v) is 2.45. The Morgan fingerprint density at radius 1 is 1.40 bits per heavy atom. The monoisotopic (exact) mass is 277 g/mol. The number of carbonyl (C=O) groups is 1. The molecule has 0 aromatic heterocycles. The fourth-order valence-electron chi connectivity index (χ4n) is 2.45. The van der Waals surface area contributed by atoms with Gasteiger partial charge in [0.05, 0.1) is 12.7 Å². The summed E-state index contributed by atoms with van der Waals surface area (Å²) in [6.45, 7) is 3.88. The van der Waals surface area contributed by atoms with Gasteiger partial charge in [-0.2, -0.15) is 0 Å². The van der Waals surface area contributed by atoms with Gasteiger partial charge in [-0.1, -0.05) is 25.1 Å². The summed E-state index contributed by atoms with van der Waals surface area (Å²) < 4.78 is 5.57. The Balaban J connectivity index is 1.65. The van der Waals surface area contributed by atoms with E-state index in [4.69, 9.17) is 4.74 Å². The van der Waals surface area contributed by atoms with Crippen molar-refractivity contribution in [2.24, 2.45) is 5.92 Å². The lowest BCUT2D eigenvalue weighted by atomic mass is 9.96. The van der Waals surface area contributed by atoms with Crippen molar-refractivity contribution < 1.29 is 14.6 Å². The minimum absolute atomic E-state index is 0.167. The molecule has 1 fully saturated rings. The zero-order chi connectivity index (χ0) is 14.4. The highest BCUT2D eigenvalue weighted by molar-refractivity contribution is 5.76. The summed E-state index contributed by atoms with van der Waals surface area (Å²) in [6, 6.07) is 9.63. The second-order valence-corrected chi connectivity index (χ2v) is 5.44. The first-order valence-corrected chi connectivity index (χ1v) is 7.30. The van der Waals surface area contributed by atoms with Crippen molar-refractivity contribution in [3.05, 3.63) is 30.3 Å². The number of carbonyl (C=O) groups excluding carboxylic acids is 1. The third-order valence-electron chi connectivity index (χ3n) is 3.76. The van der Waals surface area contributed by atoms with E-state index in [0.717, 1.165) is 12.2 Å². The molecule has 1 aromatic rings. The van der Waals surface area contributed by atoms with Gasteiger partial charge >= 0.3 is 0 Å². The highest BCUT2D eigenvalue weighted by Crippen LogP contribution is 2.17. The highest BCUT2D eigenvalue weighted by atomic mass is 16.5. The molecule has 4 heteroatoms. The zero-order valence-corrected chi connectivity index (χ0v) is 12.0. The van der Waals surface area contributed by atoms with E-state index in [1.165, 1.54) is 0 Å². The maximum Gasteiger partial charge on any atom is 0.222 e. The molecule has 0 spiro atoms. The molecule has 0 bridgehead atoms. The summed E-state index contributed by atoms with van der Waals surface area (Å²) in [5.74, 6) is 1.18. The highest BCUT2D eigenvalue weighted by Gasteiger charge is 2.26. The molecule has 1 amide bonds. The van der Waals surface area contributed by atoms with Gasteiger partial charge < -0.3 is 14.7 Å². The summed E-state index contributed by atoms with van der Waals surface area (Å²) in [5.41, 5.74) is 0. The number of aliphatic hydroxyl groups excluding tert-OH is 1. The number of rotatable bonds is 5. The van der Waals surface area contributed by atoms with E-state index in [2.05, 4.69) is 0 Å². The minimum Gasteiger partial charge on any atom is -0.494 e. The predicted molar refractivity (Wildman–Crippen MR) is 77.5 cm³/mol. The third kappa shape index (κ3) is 4.23. The van der Waals surface area contributed by atoms with Crippen LogP contribution in [-0.4, -0.2) is 41.7 Å². The van der Waals surface area contributed by atoms with Crippen LogP contribution in [0.1, 0.15) is 26.2 Å². The van der Waals surface area contributed by atoms with Gasteiger partial charge in [0.1, 0.15) is 5.75 Å². The van der Waals surface area contributed by atoms with Crippen LogP contribution in [0.5, 0.6) is 5.75 Å². The Bertz CT molecular complexity index is 421. The van der Waals surface area contributed by atoms with Crippen LogP contribution in [0.3, 0.4) is 0 Å². The van der Waals surface area contributed by atoms with Crippen LogP contribution < -0.4 is 4.74 Å². The molecule has 1 aliphatic heterocycles. The van der Waals surface area contributed by atoms with Crippen molar-refractivity contribution in [2.45, 2.75) is 32.3 Å². The summed E-state index contributed by atoms with van der Waals surface area (Å²) in [6.07, 6.45) is 1.66. The second kappa shape index (κ2) is 7.29. The van der Waals surface area contributed by atoms with Crippen molar-refractivity contribution in [1.29, 1.82) is 0 Å². The van der Waals surface area contributed by atoms with E-state index >= 15 is 0 Å². The number of piperidine rings is 1. The molecule has 2 unspecified atom stereocenters. The smallest absolute Gasteiger partial charge is 0.222 e. The Kier molecular flexibility index (Phi) is 5.41. The lowest BCUT2D eigenvalue weighted by molar-refractivity contribution is -0.134. The topological polar surface area (TPSA) is 49.8 Å². The Labute approximate surface area is 120 Å². The van der Waals surface area contributed by atoms with Crippen LogP contribution in [0.15, 0.2) is 30.3 Å². The molecule has 1 aromatic carbocycles. The van der Waals surface area contributed by atoms with Crippen LogP contribution in [0.25, 0.3) is 0 Å². The number of likely N-dealkylation sites (tertiary alicyclic amines) is 1. The number of ether oxygens (including phenoxy) is 1. The van der Waals surface area contributed by atoms with Crippen LogP contribution in [0.2, 0.25) is 0 Å². The summed E-state index contributed by atoms with van der Waals surface area (Å²) in [4.78, 5) is 13.9. The Morgan fingerprint density at radius 2 is 2.15 bits per heavy atom. The molecule has 0 aliphatic carbocycles. The zero-order valence-electron chi connectivity index (χ0n) is 12.0. The molecule has 1 aliphatic rings. The van der Waals surface area contributed by atoms with Gasteiger partial charge in [0.25, 0.3) is 0 Å². The number of aliphatic hydroxyl groups is 1. The lowest BCUT2D eigenvalue weighted by Gasteiger charge is -2.34. The van der Waals surface area contributed by atoms with Crippen LogP contribution in [-0.2, 0) is 4.79 Å². The van der Waals surface area contributed by atoms with Gasteiger partial charge in [0.15, 0.2) is 0 Å². The van der Waals surface area contributed by atoms with Crippen LogP contribution in [0.4, 0.5) is 0 Å². The van der Waals surface area contributed by atoms with Gasteiger partial charge in [-0.25, -0.2) is 0 Å². The molecule has 20 heavy (non-hydrogen) atoms. The fraction of sp³-hybridized carbons (Fsp3) is 0.562. The molecule has 110 valence electrons.